The van der Waals surface area contributed by atoms with Gasteiger partial charge in [-0.05, 0) is 26.2 Å². The van der Waals surface area contributed by atoms with Crippen molar-refractivity contribution in [2.45, 2.75) is 220 Å². The first kappa shape index (κ1) is 43.5. The lowest BCUT2D eigenvalue weighted by Crippen LogP contribution is -2.33. The van der Waals surface area contributed by atoms with E-state index in [0.717, 1.165) is 25.7 Å². The minimum absolute atomic E-state index is 0.350. The fourth-order valence-corrected chi connectivity index (χ4v) is 5.56. The number of rotatable bonds is 32. The number of unbranched alkanes of at least 4 members (excludes halogenated alkanes) is 24. The van der Waals surface area contributed by atoms with Crippen LogP contribution in [0.1, 0.15) is 207 Å². The van der Waals surface area contributed by atoms with E-state index in [2.05, 4.69) is 13.8 Å². The fraction of sp³-hybridized carbons (Fsp3) is 0.973. The lowest BCUT2D eigenvalue weighted by atomic mass is 9.93. The zero-order valence-electron chi connectivity index (χ0n) is 29.0. The molecule has 42 heavy (non-hydrogen) atoms. The lowest BCUT2D eigenvalue weighted by Gasteiger charge is -2.18. The van der Waals surface area contributed by atoms with Gasteiger partial charge in [0.05, 0.1) is 12.0 Å². The van der Waals surface area contributed by atoms with Crippen molar-refractivity contribution in [2.75, 3.05) is 6.61 Å². The number of hydrogen-bond donors (Lipinski definition) is 3. The maximum Gasteiger partial charge on any atom is 0.223 e. The Bertz CT molecular complexity index is 514. The summed E-state index contributed by atoms with van der Waals surface area (Å²) in [6.45, 7) is 8.80. The molecule has 0 saturated carbocycles. The number of aliphatic hydroxyl groups is 2. The molecule has 0 heterocycles. The maximum absolute atomic E-state index is 11.3. The summed E-state index contributed by atoms with van der Waals surface area (Å²) in [7, 11) is 0. The predicted molar refractivity (Wildman–Crippen MR) is 183 cm³/mol. The molecule has 0 aromatic carbocycles. The molecule has 0 saturated heterocycles. The van der Waals surface area contributed by atoms with Crippen molar-refractivity contribution in [2.24, 2.45) is 11.7 Å². The quantitative estimate of drug-likeness (QED) is 0.0529. The van der Waals surface area contributed by atoms with Gasteiger partial charge in [0.25, 0.3) is 0 Å². The van der Waals surface area contributed by atoms with Gasteiger partial charge in [-0.1, -0.05) is 181 Å². The molecule has 4 N–H and O–H groups in total. The Labute approximate surface area is 263 Å². The zero-order valence-corrected chi connectivity index (χ0v) is 29.0. The van der Waals surface area contributed by atoms with Crippen LogP contribution in [0.3, 0.4) is 0 Å². The SMILES string of the molecule is CCCCCCCCCCCCCCC(C(N)=O)C(O)CC.CCCCCCCCCCCCCCCCOC(C)O. The Morgan fingerprint density at radius 1 is 0.548 bits per heavy atom. The molecule has 0 aliphatic carbocycles. The number of carbonyl (C=O) groups excluding carboxylic acids is 1. The van der Waals surface area contributed by atoms with Gasteiger partial charge in [-0.3, -0.25) is 4.79 Å². The van der Waals surface area contributed by atoms with Crippen molar-refractivity contribution in [1.29, 1.82) is 0 Å². The Kier molecular flexibility index (Phi) is 37.8. The topological polar surface area (TPSA) is 92.8 Å². The monoisotopic (exact) mass is 600 g/mol. The van der Waals surface area contributed by atoms with Crippen LogP contribution in [0.4, 0.5) is 0 Å². The van der Waals surface area contributed by atoms with Gasteiger partial charge in [-0.2, -0.15) is 0 Å². The summed E-state index contributed by atoms with van der Waals surface area (Å²) >= 11 is 0. The number of primary amides is 1. The molecule has 0 rings (SSSR count). The van der Waals surface area contributed by atoms with Crippen molar-refractivity contribution in [3.63, 3.8) is 0 Å². The van der Waals surface area contributed by atoms with Crippen LogP contribution in [0.25, 0.3) is 0 Å². The van der Waals surface area contributed by atoms with Gasteiger partial charge in [0.15, 0.2) is 6.29 Å². The van der Waals surface area contributed by atoms with E-state index in [-0.39, 0.29) is 11.8 Å². The van der Waals surface area contributed by atoms with Crippen molar-refractivity contribution < 1.29 is 19.7 Å². The van der Waals surface area contributed by atoms with Gasteiger partial charge < -0.3 is 20.7 Å². The number of carbonyl (C=O) groups is 1. The fourth-order valence-electron chi connectivity index (χ4n) is 5.56. The van der Waals surface area contributed by atoms with Crippen LogP contribution < -0.4 is 5.73 Å². The molecule has 0 aromatic rings. The Morgan fingerprint density at radius 2 is 0.857 bits per heavy atom. The Morgan fingerprint density at radius 3 is 1.14 bits per heavy atom. The third kappa shape index (κ3) is 35.5. The summed E-state index contributed by atoms with van der Waals surface area (Å²) in [6, 6.07) is 0. The number of hydrogen-bond acceptors (Lipinski definition) is 4. The second-order valence-corrected chi connectivity index (χ2v) is 12.7. The average Bonchev–Trinajstić information content (AvgIpc) is 2.97. The first-order valence-electron chi connectivity index (χ1n) is 18.7. The molecule has 0 aromatic heterocycles. The Balaban J connectivity index is 0. The van der Waals surface area contributed by atoms with E-state index in [4.69, 9.17) is 15.6 Å². The lowest BCUT2D eigenvalue weighted by molar-refractivity contribution is -0.125. The van der Waals surface area contributed by atoms with E-state index < -0.39 is 12.4 Å². The highest BCUT2D eigenvalue weighted by molar-refractivity contribution is 5.77. The summed E-state index contributed by atoms with van der Waals surface area (Å²) in [6.07, 6.45) is 35.1. The summed E-state index contributed by atoms with van der Waals surface area (Å²) < 4.78 is 5.10. The molecule has 5 heteroatoms. The van der Waals surface area contributed by atoms with Gasteiger partial charge in [0, 0.05) is 6.61 Å². The molecule has 0 aliphatic rings. The van der Waals surface area contributed by atoms with Crippen molar-refractivity contribution >= 4 is 5.91 Å². The molecule has 0 spiro atoms. The molecule has 5 nitrogen and oxygen atoms in total. The van der Waals surface area contributed by atoms with E-state index >= 15 is 0 Å². The zero-order chi connectivity index (χ0) is 31.5. The average molecular weight is 600 g/mol. The van der Waals surface area contributed by atoms with Crippen LogP contribution in [0.15, 0.2) is 0 Å². The van der Waals surface area contributed by atoms with Crippen molar-refractivity contribution in [3.05, 3.63) is 0 Å². The van der Waals surface area contributed by atoms with Crippen LogP contribution in [0.5, 0.6) is 0 Å². The van der Waals surface area contributed by atoms with Crippen LogP contribution in [-0.2, 0) is 9.53 Å². The Hall–Kier alpha value is -0.650. The van der Waals surface area contributed by atoms with Crippen molar-refractivity contribution in [1.82, 2.24) is 0 Å². The summed E-state index contributed by atoms with van der Waals surface area (Å²) in [4.78, 5) is 11.3. The van der Waals surface area contributed by atoms with E-state index in [1.54, 1.807) is 6.92 Å². The molecule has 3 unspecified atom stereocenters. The minimum Gasteiger partial charge on any atom is -0.392 e. The number of aliphatic hydroxyl groups excluding tert-OH is 2. The molecular formula is C37H77NO4. The number of amides is 1. The van der Waals surface area contributed by atoms with Gasteiger partial charge in [0.2, 0.25) is 5.91 Å². The van der Waals surface area contributed by atoms with E-state index in [1.807, 2.05) is 6.92 Å². The van der Waals surface area contributed by atoms with Crippen molar-refractivity contribution in [3.8, 4) is 0 Å². The third-order valence-electron chi connectivity index (χ3n) is 8.47. The van der Waals surface area contributed by atoms with E-state index in [1.165, 1.54) is 148 Å². The number of ether oxygens (including phenoxy) is 1. The first-order chi connectivity index (χ1) is 20.4. The predicted octanol–water partition coefficient (Wildman–Crippen LogP) is 10.8. The molecule has 3 atom stereocenters. The highest BCUT2D eigenvalue weighted by Crippen LogP contribution is 2.18. The highest BCUT2D eigenvalue weighted by Gasteiger charge is 2.22. The smallest absolute Gasteiger partial charge is 0.223 e. The normalized spacial score (nSPS) is 13.4. The molecule has 0 bridgehead atoms. The number of nitrogens with two attached hydrogens (primary N) is 1. The highest BCUT2D eigenvalue weighted by atomic mass is 16.6. The third-order valence-corrected chi connectivity index (χ3v) is 8.47. The van der Waals surface area contributed by atoms with Crippen LogP contribution >= 0.6 is 0 Å². The van der Waals surface area contributed by atoms with Crippen LogP contribution in [0, 0.1) is 5.92 Å². The second kappa shape index (κ2) is 36.5. The van der Waals surface area contributed by atoms with E-state index in [0.29, 0.717) is 13.0 Å². The van der Waals surface area contributed by atoms with Crippen LogP contribution in [0.2, 0.25) is 0 Å². The van der Waals surface area contributed by atoms with Crippen LogP contribution in [-0.4, -0.2) is 35.1 Å². The molecule has 254 valence electrons. The second-order valence-electron chi connectivity index (χ2n) is 12.7. The molecule has 0 fully saturated rings. The molecule has 0 radical (unpaired) electrons. The molecule has 1 amide bonds. The summed E-state index contributed by atoms with van der Waals surface area (Å²) in [5.74, 6) is -0.703. The molecule has 0 aliphatic heterocycles. The van der Waals surface area contributed by atoms with Gasteiger partial charge >= 0.3 is 0 Å². The minimum atomic E-state index is -0.600. The largest absolute Gasteiger partial charge is 0.392 e. The van der Waals surface area contributed by atoms with Gasteiger partial charge in [-0.15, -0.1) is 0 Å². The standard InChI is InChI=1S/C19H39NO2.C18H38O2/c1-3-5-6-7-8-9-10-11-12-13-14-15-16-17(19(20)22)18(21)4-2;1-3-4-5-6-7-8-9-10-11-12-13-14-15-16-17-20-18(2)19/h17-18,21H,3-16H2,1-2H3,(H2,20,22);18-19H,3-17H2,1-2H3. The van der Waals surface area contributed by atoms with Gasteiger partial charge in [-0.25, -0.2) is 0 Å². The summed E-state index contributed by atoms with van der Waals surface area (Å²) in [5, 5.41) is 18.7. The molecular weight excluding hydrogens is 522 g/mol. The summed E-state index contributed by atoms with van der Waals surface area (Å²) in [5.41, 5.74) is 5.35. The first-order valence-corrected chi connectivity index (χ1v) is 18.7. The van der Waals surface area contributed by atoms with E-state index in [9.17, 15) is 9.90 Å². The maximum atomic E-state index is 11.3. The van der Waals surface area contributed by atoms with Gasteiger partial charge in [0.1, 0.15) is 0 Å².